The van der Waals surface area contributed by atoms with Gasteiger partial charge in [0.15, 0.2) is 0 Å². The van der Waals surface area contributed by atoms with Gasteiger partial charge in [-0.2, -0.15) is 11.8 Å². The highest BCUT2D eigenvalue weighted by molar-refractivity contribution is 7.99. The molecule has 1 aliphatic heterocycles. The summed E-state index contributed by atoms with van der Waals surface area (Å²) >= 11 is 1.98. The maximum absolute atomic E-state index is 5.32. The highest BCUT2D eigenvalue weighted by atomic mass is 32.2. The van der Waals surface area contributed by atoms with Crippen molar-refractivity contribution >= 4 is 11.8 Å². The Kier molecular flexibility index (Phi) is 3.83. The molecule has 1 aliphatic rings. The van der Waals surface area contributed by atoms with Gasteiger partial charge in [0.25, 0.3) is 0 Å². The van der Waals surface area contributed by atoms with Crippen LogP contribution < -0.4 is 0 Å². The first-order valence-electron chi connectivity index (χ1n) is 4.16. The van der Waals surface area contributed by atoms with E-state index in [4.69, 9.17) is 9.47 Å². The van der Waals surface area contributed by atoms with E-state index >= 15 is 0 Å². The van der Waals surface area contributed by atoms with Crippen LogP contribution in [0.3, 0.4) is 0 Å². The van der Waals surface area contributed by atoms with E-state index in [1.165, 1.54) is 11.5 Å². The van der Waals surface area contributed by atoms with Gasteiger partial charge >= 0.3 is 0 Å². The van der Waals surface area contributed by atoms with E-state index in [2.05, 4.69) is 4.90 Å². The monoisotopic (exact) mass is 191 g/mol. The summed E-state index contributed by atoms with van der Waals surface area (Å²) in [4.78, 5) is 2.23. The fourth-order valence-corrected chi connectivity index (χ4v) is 2.21. The highest BCUT2D eigenvalue weighted by Gasteiger charge is 2.32. The third-order valence-corrected chi connectivity index (χ3v) is 3.29. The minimum Gasteiger partial charge on any atom is -0.341 e. The molecule has 0 aromatic heterocycles. The van der Waals surface area contributed by atoms with Crippen LogP contribution in [0.15, 0.2) is 0 Å². The molecule has 0 bridgehead atoms. The van der Waals surface area contributed by atoms with Gasteiger partial charge in [0, 0.05) is 45.7 Å². The van der Waals surface area contributed by atoms with Gasteiger partial charge in [-0.05, 0) is 0 Å². The molecule has 0 saturated carbocycles. The third-order valence-electron chi connectivity index (χ3n) is 2.34. The van der Waals surface area contributed by atoms with Crippen LogP contribution in [0.1, 0.15) is 6.92 Å². The average Bonchev–Trinajstić information content (AvgIpc) is 2.18. The summed E-state index contributed by atoms with van der Waals surface area (Å²) in [5.41, 5.74) is 0. The van der Waals surface area contributed by atoms with Gasteiger partial charge in [0.05, 0.1) is 0 Å². The molecule has 1 rings (SSSR count). The lowest BCUT2D eigenvalue weighted by atomic mass is 10.4. The molecule has 0 aromatic carbocycles. The fourth-order valence-electron chi connectivity index (χ4n) is 1.31. The van der Waals surface area contributed by atoms with Gasteiger partial charge in [-0.15, -0.1) is 0 Å². The number of thioether (sulfide) groups is 1. The van der Waals surface area contributed by atoms with E-state index in [0.717, 1.165) is 13.1 Å². The zero-order chi connectivity index (χ0) is 9.03. The standard InChI is InChI=1S/C8H17NO2S/c1-8(10-2,11-3)9-4-6-12-7-5-9/h4-7H2,1-3H3. The SMILES string of the molecule is COC(C)(OC)N1CCSCC1. The maximum Gasteiger partial charge on any atom is 0.226 e. The van der Waals surface area contributed by atoms with Crippen molar-refractivity contribution in [3.8, 4) is 0 Å². The molecule has 3 nitrogen and oxygen atoms in total. The normalized spacial score (nSPS) is 21.2. The van der Waals surface area contributed by atoms with Crippen molar-refractivity contribution in [1.82, 2.24) is 4.90 Å². The molecule has 1 saturated heterocycles. The molecular weight excluding hydrogens is 174 g/mol. The Morgan fingerprint density at radius 3 is 2.08 bits per heavy atom. The van der Waals surface area contributed by atoms with Crippen molar-refractivity contribution in [2.24, 2.45) is 0 Å². The Morgan fingerprint density at radius 2 is 1.67 bits per heavy atom. The van der Waals surface area contributed by atoms with E-state index in [0.29, 0.717) is 0 Å². The molecule has 1 heterocycles. The molecule has 0 spiro atoms. The summed E-state index contributed by atoms with van der Waals surface area (Å²) in [6, 6.07) is 0. The van der Waals surface area contributed by atoms with Gasteiger partial charge in [-0.1, -0.05) is 0 Å². The van der Waals surface area contributed by atoms with Crippen LogP contribution in [-0.2, 0) is 9.47 Å². The topological polar surface area (TPSA) is 21.7 Å². The summed E-state index contributed by atoms with van der Waals surface area (Å²) in [5.74, 6) is 1.81. The second-order valence-electron chi connectivity index (χ2n) is 2.91. The molecule has 0 atom stereocenters. The lowest BCUT2D eigenvalue weighted by Crippen LogP contribution is -2.52. The minimum absolute atomic E-state index is 0.527. The summed E-state index contributed by atoms with van der Waals surface area (Å²) in [7, 11) is 3.37. The van der Waals surface area contributed by atoms with Gasteiger partial charge < -0.3 is 9.47 Å². The summed E-state index contributed by atoms with van der Waals surface area (Å²) in [6.07, 6.45) is 0. The molecule has 0 unspecified atom stereocenters. The van der Waals surface area contributed by atoms with Crippen molar-refractivity contribution in [2.75, 3.05) is 38.8 Å². The van der Waals surface area contributed by atoms with Gasteiger partial charge in [-0.25, -0.2) is 0 Å². The maximum atomic E-state index is 5.32. The largest absolute Gasteiger partial charge is 0.341 e. The molecule has 0 radical (unpaired) electrons. The Hall–Kier alpha value is 0.230. The van der Waals surface area contributed by atoms with E-state index in [-0.39, 0.29) is 0 Å². The lowest BCUT2D eigenvalue weighted by molar-refractivity contribution is -0.281. The smallest absolute Gasteiger partial charge is 0.226 e. The molecule has 0 aromatic rings. The molecule has 0 amide bonds. The van der Waals surface area contributed by atoms with Crippen LogP contribution in [0.2, 0.25) is 0 Å². The number of ether oxygens (including phenoxy) is 2. The van der Waals surface area contributed by atoms with Crippen molar-refractivity contribution in [2.45, 2.75) is 12.8 Å². The first kappa shape index (κ1) is 10.3. The second-order valence-corrected chi connectivity index (χ2v) is 4.13. The molecule has 4 heteroatoms. The van der Waals surface area contributed by atoms with Crippen LogP contribution in [0.25, 0.3) is 0 Å². The number of hydrogen-bond acceptors (Lipinski definition) is 4. The summed E-state index contributed by atoms with van der Waals surface area (Å²) in [5, 5.41) is 0. The van der Waals surface area contributed by atoms with Gasteiger partial charge in [0.1, 0.15) is 0 Å². The Bertz CT molecular complexity index is 133. The van der Waals surface area contributed by atoms with Crippen molar-refractivity contribution in [1.29, 1.82) is 0 Å². The number of nitrogens with zero attached hydrogens (tertiary/aromatic N) is 1. The lowest BCUT2D eigenvalue weighted by Gasteiger charge is -2.40. The molecule has 1 fully saturated rings. The first-order valence-corrected chi connectivity index (χ1v) is 5.31. The van der Waals surface area contributed by atoms with E-state index < -0.39 is 5.91 Å². The van der Waals surface area contributed by atoms with Crippen LogP contribution >= 0.6 is 11.8 Å². The molecule has 72 valence electrons. The second kappa shape index (κ2) is 4.46. The minimum atomic E-state index is -0.527. The van der Waals surface area contributed by atoms with Crippen LogP contribution in [0.4, 0.5) is 0 Å². The van der Waals surface area contributed by atoms with Crippen molar-refractivity contribution < 1.29 is 9.47 Å². The molecule has 12 heavy (non-hydrogen) atoms. The summed E-state index contributed by atoms with van der Waals surface area (Å²) in [6.45, 7) is 4.05. The Labute approximate surface area is 78.4 Å². The predicted molar refractivity (Wildman–Crippen MR) is 51.3 cm³/mol. The summed E-state index contributed by atoms with van der Waals surface area (Å²) < 4.78 is 10.6. The molecule has 0 aliphatic carbocycles. The average molecular weight is 191 g/mol. The zero-order valence-corrected chi connectivity index (χ0v) is 8.82. The number of methoxy groups -OCH3 is 2. The Balaban J connectivity index is 2.51. The highest BCUT2D eigenvalue weighted by Crippen LogP contribution is 2.21. The molecule has 0 N–H and O–H groups in total. The van der Waals surface area contributed by atoms with E-state index in [9.17, 15) is 0 Å². The van der Waals surface area contributed by atoms with Crippen LogP contribution in [0, 0.1) is 0 Å². The van der Waals surface area contributed by atoms with Crippen LogP contribution in [0.5, 0.6) is 0 Å². The van der Waals surface area contributed by atoms with Gasteiger partial charge in [0.2, 0.25) is 5.91 Å². The molecular formula is C8H17NO2S. The number of rotatable bonds is 3. The van der Waals surface area contributed by atoms with Gasteiger partial charge in [-0.3, -0.25) is 4.90 Å². The number of hydrogen-bond donors (Lipinski definition) is 0. The third kappa shape index (κ3) is 2.13. The fraction of sp³-hybridized carbons (Fsp3) is 1.00. The first-order chi connectivity index (χ1) is 5.73. The van der Waals surface area contributed by atoms with Crippen LogP contribution in [-0.4, -0.2) is 49.6 Å². The van der Waals surface area contributed by atoms with Crippen molar-refractivity contribution in [3.63, 3.8) is 0 Å². The van der Waals surface area contributed by atoms with Crippen molar-refractivity contribution in [3.05, 3.63) is 0 Å². The predicted octanol–water partition coefficient (Wildman–Crippen LogP) is 1.00. The van der Waals surface area contributed by atoms with E-state index in [1.807, 2.05) is 18.7 Å². The quantitative estimate of drug-likeness (QED) is 0.620. The van der Waals surface area contributed by atoms with E-state index in [1.54, 1.807) is 14.2 Å². The zero-order valence-electron chi connectivity index (χ0n) is 8.00. The Morgan fingerprint density at radius 1 is 1.17 bits per heavy atom.